The molecular weight excluding hydrogens is 358 g/mol. The zero-order valence-electron chi connectivity index (χ0n) is 16.8. The molecule has 0 atom stereocenters. The molecule has 0 aliphatic heterocycles. The maximum atomic E-state index is 12.1. The van der Waals surface area contributed by atoms with Gasteiger partial charge >= 0.3 is 11.9 Å². The van der Waals surface area contributed by atoms with Gasteiger partial charge in [0.25, 0.3) is 5.91 Å². The Labute approximate surface area is 165 Å². The lowest BCUT2D eigenvalue weighted by Crippen LogP contribution is -2.27. The van der Waals surface area contributed by atoms with Gasteiger partial charge in [0.15, 0.2) is 6.61 Å². The largest absolute Gasteiger partial charge is 0.456 e. The van der Waals surface area contributed by atoms with E-state index >= 15 is 0 Å². The average Bonchev–Trinajstić information content (AvgIpc) is 2.64. The second-order valence-corrected chi connectivity index (χ2v) is 7.52. The summed E-state index contributed by atoms with van der Waals surface area (Å²) >= 11 is 0. The quantitative estimate of drug-likeness (QED) is 0.738. The van der Waals surface area contributed by atoms with Crippen molar-refractivity contribution in [2.75, 3.05) is 20.7 Å². The Kier molecular flexibility index (Phi) is 6.57. The Morgan fingerprint density at radius 1 is 0.786 bits per heavy atom. The van der Waals surface area contributed by atoms with Crippen molar-refractivity contribution in [3.05, 3.63) is 59.7 Å². The van der Waals surface area contributed by atoms with Gasteiger partial charge in [-0.05, 0) is 56.2 Å². The van der Waals surface area contributed by atoms with E-state index in [1.807, 2.05) is 32.9 Å². The third-order valence-corrected chi connectivity index (χ3v) is 3.80. The molecule has 0 aromatic heterocycles. The van der Waals surface area contributed by atoms with Crippen LogP contribution in [0.5, 0.6) is 0 Å². The van der Waals surface area contributed by atoms with Gasteiger partial charge in [-0.1, -0.05) is 24.3 Å². The summed E-state index contributed by atoms with van der Waals surface area (Å²) in [5.74, 6) is -1.21. The Balaban J connectivity index is 2.04. The monoisotopic (exact) mass is 383 g/mol. The zero-order valence-corrected chi connectivity index (χ0v) is 16.8. The minimum atomic E-state index is -0.554. The molecule has 0 N–H and O–H groups in total. The molecular formula is C22H25NO5. The van der Waals surface area contributed by atoms with Crippen molar-refractivity contribution in [2.45, 2.75) is 26.4 Å². The van der Waals surface area contributed by atoms with E-state index in [4.69, 9.17) is 9.47 Å². The predicted octanol–water partition coefficient (Wildman–Crippen LogP) is 3.55. The molecule has 0 saturated heterocycles. The van der Waals surface area contributed by atoms with E-state index in [2.05, 4.69) is 0 Å². The standard InChI is InChI=1S/C22H25NO5/c1-22(2,3)28-21(26)18-12-8-16(9-13-18)15-6-10-17(11-7-15)20(25)27-14-19(24)23(4)5/h6-13H,14H2,1-5H3. The lowest BCUT2D eigenvalue weighted by Gasteiger charge is -2.19. The number of carbonyl (C=O) groups is 3. The molecule has 6 nitrogen and oxygen atoms in total. The molecule has 6 heteroatoms. The highest BCUT2D eigenvalue weighted by molar-refractivity contribution is 5.92. The van der Waals surface area contributed by atoms with Crippen LogP contribution in [0.4, 0.5) is 0 Å². The Hall–Kier alpha value is -3.15. The number of benzene rings is 2. The summed E-state index contributed by atoms with van der Waals surface area (Å²) in [5.41, 5.74) is 2.08. The minimum absolute atomic E-state index is 0.282. The van der Waals surface area contributed by atoms with Gasteiger partial charge in [0, 0.05) is 14.1 Å². The number of rotatable bonds is 5. The van der Waals surface area contributed by atoms with Gasteiger partial charge in [-0.25, -0.2) is 9.59 Å². The predicted molar refractivity (Wildman–Crippen MR) is 106 cm³/mol. The lowest BCUT2D eigenvalue weighted by atomic mass is 10.0. The maximum Gasteiger partial charge on any atom is 0.338 e. The third kappa shape index (κ3) is 5.94. The van der Waals surface area contributed by atoms with E-state index in [0.717, 1.165) is 11.1 Å². The number of ether oxygens (including phenoxy) is 2. The molecule has 0 radical (unpaired) electrons. The fraction of sp³-hybridized carbons (Fsp3) is 0.318. The van der Waals surface area contributed by atoms with Crippen LogP contribution in [0, 0.1) is 0 Å². The highest BCUT2D eigenvalue weighted by Gasteiger charge is 2.18. The maximum absolute atomic E-state index is 12.1. The fourth-order valence-corrected chi connectivity index (χ4v) is 2.27. The summed E-state index contributed by atoms with van der Waals surface area (Å²) < 4.78 is 10.3. The van der Waals surface area contributed by atoms with Gasteiger partial charge in [0.2, 0.25) is 0 Å². The molecule has 0 unspecified atom stereocenters. The Bertz CT molecular complexity index is 846. The second kappa shape index (κ2) is 8.69. The van der Waals surface area contributed by atoms with Gasteiger partial charge < -0.3 is 14.4 Å². The number of esters is 2. The summed E-state index contributed by atoms with van der Waals surface area (Å²) in [7, 11) is 3.19. The smallest absolute Gasteiger partial charge is 0.338 e. The summed E-state index contributed by atoms with van der Waals surface area (Å²) in [5, 5.41) is 0. The summed E-state index contributed by atoms with van der Waals surface area (Å²) in [4.78, 5) is 36.9. The number of amides is 1. The van der Waals surface area contributed by atoms with Crippen molar-refractivity contribution in [1.29, 1.82) is 0 Å². The molecule has 0 spiro atoms. The molecule has 0 fully saturated rings. The van der Waals surface area contributed by atoms with Crippen LogP contribution in [-0.2, 0) is 14.3 Å². The molecule has 148 valence electrons. The fourth-order valence-electron chi connectivity index (χ4n) is 2.27. The molecule has 0 aliphatic carbocycles. The SMILES string of the molecule is CN(C)C(=O)COC(=O)c1ccc(-c2ccc(C(=O)OC(C)(C)C)cc2)cc1. The molecule has 0 saturated carbocycles. The molecule has 28 heavy (non-hydrogen) atoms. The van der Waals surface area contributed by atoms with Crippen molar-refractivity contribution in [2.24, 2.45) is 0 Å². The average molecular weight is 383 g/mol. The first-order valence-electron chi connectivity index (χ1n) is 8.88. The van der Waals surface area contributed by atoms with Crippen LogP contribution in [0.2, 0.25) is 0 Å². The minimum Gasteiger partial charge on any atom is -0.456 e. The Morgan fingerprint density at radius 2 is 1.21 bits per heavy atom. The highest BCUT2D eigenvalue weighted by atomic mass is 16.6. The number of hydrogen-bond donors (Lipinski definition) is 0. The normalized spacial score (nSPS) is 10.9. The van der Waals surface area contributed by atoms with Gasteiger partial charge in [-0.2, -0.15) is 0 Å². The topological polar surface area (TPSA) is 72.9 Å². The summed E-state index contributed by atoms with van der Waals surface area (Å²) in [6.07, 6.45) is 0. The second-order valence-electron chi connectivity index (χ2n) is 7.52. The third-order valence-electron chi connectivity index (χ3n) is 3.80. The van der Waals surface area contributed by atoms with Crippen molar-refractivity contribution in [3.63, 3.8) is 0 Å². The number of carbonyl (C=O) groups excluding carboxylic acids is 3. The van der Waals surface area contributed by atoms with Crippen LogP contribution >= 0.6 is 0 Å². The van der Waals surface area contributed by atoms with Crippen LogP contribution in [0.25, 0.3) is 11.1 Å². The van der Waals surface area contributed by atoms with Gasteiger partial charge in [-0.3, -0.25) is 4.79 Å². The van der Waals surface area contributed by atoms with E-state index in [9.17, 15) is 14.4 Å². The first-order valence-corrected chi connectivity index (χ1v) is 8.88. The first-order chi connectivity index (χ1) is 13.1. The molecule has 2 aromatic rings. The molecule has 2 aromatic carbocycles. The summed E-state index contributed by atoms with van der Waals surface area (Å²) in [6, 6.07) is 13.9. The van der Waals surface area contributed by atoms with Crippen LogP contribution in [0.3, 0.4) is 0 Å². The molecule has 0 heterocycles. The van der Waals surface area contributed by atoms with Crippen LogP contribution < -0.4 is 0 Å². The van der Waals surface area contributed by atoms with E-state index in [0.29, 0.717) is 11.1 Å². The molecule has 0 aliphatic rings. The number of nitrogens with zero attached hydrogens (tertiary/aromatic N) is 1. The van der Waals surface area contributed by atoms with E-state index in [1.165, 1.54) is 4.90 Å². The first kappa shape index (κ1) is 21.2. The summed E-state index contributed by atoms with van der Waals surface area (Å²) in [6.45, 7) is 5.17. The van der Waals surface area contributed by atoms with Crippen molar-refractivity contribution in [1.82, 2.24) is 4.90 Å². The van der Waals surface area contributed by atoms with Crippen molar-refractivity contribution >= 4 is 17.8 Å². The Morgan fingerprint density at radius 3 is 1.61 bits per heavy atom. The molecule has 2 rings (SSSR count). The van der Waals surface area contributed by atoms with Crippen LogP contribution in [0.1, 0.15) is 41.5 Å². The van der Waals surface area contributed by atoms with Crippen LogP contribution in [0.15, 0.2) is 48.5 Å². The number of likely N-dealkylation sites (N-methyl/N-ethyl adjacent to an activating group) is 1. The highest BCUT2D eigenvalue weighted by Crippen LogP contribution is 2.22. The molecule has 0 bridgehead atoms. The van der Waals surface area contributed by atoms with Gasteiger partial charge in [0.1, 0.15) is 5.60 Å². The zero-order chi connectivity index (χ0) is 20.9. The number of hydrogen-bond acceptors (Lipinski definition) is 5. The van der Waals surface area contributed by atoms with Gasteiger partial charge in [-0.15, -0.1) is 0 Å². The molecule has 1 amide bonds. The van der Waals surface area contributed by atoms with E-state index in [1.54, 1.807) is 50.5 Å². The van der Waals surface area contributed by atoms with Crippen molar-refractivity contribution < 1.29 is 23.9 Å². The van der Waals surface area contributed by atoms with Gasteiger partial charge in [0.05, 0.1) is 11.1 Å². The van der Waals surface area contributed by atoms with Crippen molar-refractivity contribution in [3.8, 4) is 11.1 Å². The van der Waals surface area contributed by atoms with E-state index in [-0.39, 0.29) is 18.5 Å². The van der Waals surface area contributed by atoms with E-state index < -0.39 is 11.6 Å². The lowest BCUT2D eigenvalue weighted by molar-refractivity contribution is -0.131. The van der Waals surface area contributed by atoms with Crippen LogP contribution in [-0.4, -0.2) is 49.0 Å².